The van der Waals surface area contributed by atoms with Crippen LogP contribution in [0.1, 0.15) is 42.2 Å². The third-order valence-electron chi connectivity index (χ3n) is 4.13. The average molecular weight is 300 g/mol. The molecule has 0 spiro atoms. The largest absolute Gasteiger partial charge is 0.477 e. The molecule has 6 nitrogen and oxygen atoms in total. The van der Waals surface area contributed by atoms with Crippen molar-refractivity contribution in [3.63, 3.8) is 0 Å². The maximum absolute atomic E-state index is 12.4. The van der Waals surface area contributed by atoms with Gasteiger partial charge in [-0.1, -0.05) is 0 Å². The summed E-state index contributed by atoms with van der Waals surface area (Å²) >= 11 is 0. The van der Waals surface area contributed by atoms with Gasteiger partial charge in [-0.05, 0) is 31.9 Å². The molecule has 1 amide bonds. The quantitative estimate of drug-likeness (QED) is 0.889. The van der Waals surface area contributed by atoms with Crippen molar-refractivity contribution in [3.8, 4) is 0 Å². The van der Waals surface area contributed by atoms with Crippen molar-refractivity contribution in [1.29, 1.82) is 0 Å². The number of nitrogens with zero attached hydrogens (tertiary/aromatic N) is 1. The number of rotatable bonds is 2. The summed E-state index contributed by atoms with van der Waals surface area (Å²) in [6, 6.07) is 3.36. The summed E-state index contributed by atoms with van der Waals surface area (Å²) in [5.41, 5.74) is 1.59. The second-order valence-electron chi connectivity index (χ2n) is 5.64. The van der Waals surface area contributed by atoms with Crippen LogP contribution in [0.15, 0.2) is 23.1 Å². The lowest BCUT2D eigenvalue weighted by molar-refractivity contribution is -0.114. The Hall–Kier alpha value is -2.63. The number of hydrogen-bond donors (Lipinski definition) is 2. The molecule has 114 valence electrons. The predicted octanol–water partition coefficient (Wildman–Crippen LogP) is 2.17. The van der Waals surface area contributed by atoms with Crippen LogP contribution in [0, 0.1) is 0 Å². The minimum atomic E-state index is -1.22. The Balaban J connectivity index is 2.41. The van der Waals surface area contributed by atoms with Crippen LogP contribution in [-0.2, 0) is 11.2 Å². The van der Waals surface area contributed by atoms with E-state index in [1.807, 2.05) is 11.5 Å². The first-order chi connectivity index (χ1) is 10.4. The van der Waals surface area contributed by atoms with Crippen molar-refractivity contribution in [2.24, 2.45) is 0 Å². The Morgan fingerprint density at radius 2 is 2.09 bits per heavy atom. The zero-order valence-electron chi connectivity index (χ0n) is 12.3. The SMILES string of the molecule is CC(=O)Nc1ccc2c(=O)c(C(=O)O)cn3c2c1CCC3C. The van der Waals surface area contributed by atoms with Gasteiger partial charge in [0.2, 0.25) is 11.3 Å². The van der Waals surface area contributed by atoms with Crippen LogP contribution in [0.2, 0.25) is 0 Å². The van der Waals surface area contributed by atoms with E-state index < -0.39 is 11.4 Å². The zero-order valence-corrected chi connectivity index (χ0v) is 12.3. The first-order valence-corrected chi connectivity index (χ1v) is 7.11. The number of amides is 1. The summed E-state index contributed by atoms with van der Waals surface area (Å²) in [5, 5.41) is 12.4. The van der Waals surface area contributed by atoms with E-state index in [-0.39, 0.29) is 17.5 Å². The molecule has 0 fully saturated rings. The van der Waals surface area contributed by atoms with Crippen LogP contribution in [0.25, 0.3) is 10.9 Å². The lowest BCUT2D eigenvalue weighted by Gasteiger charge is -2.28. The van der Waals surface area contributed by atoms with E-state index in [1.54, 1.807) is 12.1 Å². The van der Waals surface area contributed by atoms with E-state index in [0.717, 1.165) is 23.9 Å². The number of aromatic carboxylic acids is 1. The molecule has 1 aromatic heterocycles. The molecule has 1 atom stereocenters. The van der Waals surface area contributed by atoms with Gasteiger partial charge in [-0.25, -0.2) is 4.79 Å². The van der Waals surface area contributed by atoms with E-state index in [2.05, 4.69) is 5.32 Å². The zero-order chi connectivity index (χ0) is 16.0. The van der Waals surface area contributed by atoms with Crippen molar-refractivity contribution in [2.45, 2.75) is 32.7 Å². The summed E-state index contributed by atoms with van der Waals surface area (Å²) < 4.78 is 1.84. The molecule has 2 heterocycles. The Bertz CT molecular complexity index is 867. The molecule has 6 heteroatoms. The second kappa shape index (κ2) is 4.98. The summed E-state index contributed by atoms with van der Waals surface area (Å²) in [6.45, 7) is 3.42. The number of nitrogens with one attached hydrogen (secondary N) is 1. The maximum Gasteiger partial charge on any atom is 0.341 e. The molecule has 3 rings (SSSR count). The Morgan fingerprint density at radius 3 is 2.73 bits per heavy atom. The lowest BCUT2D eigenvalue weighted by Crippen LogP contribution is -2.24. The molecule has 2 aromatic rings. The Labute approximate surface area is 126 Å². The topological polar surface area (TPSA) is 88.4 Å². The molecule has 0 radical (unpaired) electrons. The fourth-order valence-electron chi connectivity index (χ4n) is 3.07. The Morgan fingerprint density at radius 1 is 1.36 bits per heavy atom. The van der Waals surface area contributed by atoms with Crippen LogP contribution in [0.5, 0.6) is 0 Å². The molecule has 2 N–H and O–H groups in total. The Kier molecular flexibility index (Phi) is 3.24. The number of pyridine rings is 1. The van der Waals surface area contributed by atoms with Gasteiger partial charge in [-0.2, -0.15) is 0 Å². The van der Waals surface area contributed by atoms with Gasteiger partial charge >= 0.3 is 5.97 Å². The van der Waals surface area contributed by atoms with E-state index in [1.165, 1.54) is 13.1 Å². The highest BCUT2D eigenvalue weighted by Gasteiger charge is 2.24. The van der Waals surface area contributed by atoms with Gasteiger partial charge in [0.05, 0.1) is 5.52 Å². The van der Waals surface area contributed by atoms with E-state index in [0.29, 0.717) is 11.1 Å². The van der Waals surface area contributed by atoms with Gasteiger partial charge in [0, 0.05) is 35.8 Å². The number of carbonyl (C=O) groups is 2. The molecule has 1 aliphatic rings. The number of anilines is 1. The molecule has 1 aliphatic heterocycles. The van der Waals surface area contributed by atoms with Crippen molar-refractivity contribution in [2.75, 3.05) is 5.32 Å². The molecule has 1 aromatic carbocycles. The van der Waals surface area contributed by atoms with Crippen LogP contribution in [-0.4, -0.2) is 21.6 Å². The standard InChI is InChI=1S/C16H16N2O4/c1-8-3-4-10-13(17-9(2)19)6-5-11-14(10)18(8)7-12(15(11)20)16(21)22/h5-8H,3-4H2,1-2H3,(H,17,19)(H,21,22). The van der Waals surface area contributed by atoms with Gasteiger partial charge in [0.25, 0.3) is 0 Å². The first-order valence-electron chi connectivity index (χ1n) is 7.11. The normalized spacial score (nSPS) is 16.5. The summed E-state index contributed by atoms with van der Waals surface area (Å²) in [7, 11) is 0. The molecule has 0 saturated heterocycles. The van der Waals surface area contributed by atoms with Crippen molar-refractivity contribution in [1.82, 2.24) is 4.57 Å². The average Bonchev–Trinajstić information content (AvgIpc) is 2.44. The second-order valence-corrected chi connectivity index (χ2v) is 5.64. The molecule has 1 unspecified atom stereocenters. The maximum atomic E-state index is 12.4. The summed E-state index contributed by atoms with van der Waals surface area (Å²) in [6.07, 6.45) is 2.97. The highest BCUT2D eigenvalue weighted by atomic mass is 16.4. The van der Waals surface area contributed by atoms with Gasteiger partial charge < -0.3 is 15.0 Å². The van der Waals surface area contributed by atoms with Gasteiger partial charge in [0.15, 0.2) is 0 Å². The first kappa shape index (κ1) is 14.3. The number of carbonyl (C=O) groups excluding carboxylic acids is 1. The van der Waals surface area contributed by atoms with Crippen LogP contribution < -0.4 is 10.7 Å². The minimum Gasteiger partial charge on any atom is -0.477 e. The third kappa shape index (κ3) is 2.07. The number of aryl methyl sites for hydroxylation is 1. The van der Waals surface area contributed by atoms with Crippen LogP contribution >= 0.6 is 0 Å². The van der Waals surface area contributed by atoms with Crippen LogP contribution in [0.4, 0.5) is 5.69 Å². The van der Waals surface area contributed by atoms with Gasteiger partial charge in [0.1, 0.15) is 5.56 Å². The fraction of sp³-hybridized carbons (Fsp3) is 0.312. The lowest BCUT2D eigenvalue weighted by atomic mass is 9.94. The molecule has 0 bridgehead atoms. The smallest absolute Gasteiger partial charge is 0.341 e. The van der Waals surface area contributed by atoms with E-state index in [4.69, 9.17) is 0 Å². The van der Waals surface area contributed by atoms with Gasteiger partial charge in [-0.15, -0.1) is 0 Å². The van der Waals surface area contributed by atoms with Gasteiger partial charge in [-0.3, -0.25) is 9.59 Å². The summed E-state index contributed by atoms with van der Waals surface area (Å²) in [4.78, 5) is 35.0. The van der Waals surface area contributed by atoms with Crippen molar-refractivity contribution < 1.29 is 14.7 Å². The van der Waals surface area contributed by atoms with Crippen LogP contribution in [0.3, 0.4) is 0 Å². The monoisotopic (exact) mass is 300 g/mol. The summed E-state index contributed by atoms with van der Waals surface area (Å²) in [5.74, 6) is -1.40. The molecular weight excluding hydrogens is 284 g/mol. The molecule has 0 aliphatic carbocycles. The highest BCUT2D eigenvalue weighted by molar-refractivity contribution is 5.98. The number of aromatic nitrogens is 1. The van der Waals surface area contributed by atoms with Crippen molar-refractivity contribution >= 4 is 28.5 Å². The number of benzene rings is 1. The molecular formula is C16H16N2O4. The van der Waals surface area contributed by atoms with E-state index >= 15 is 0 Å². The number of carboxylic acids is 1. The third-order valence-corrected chi connectivity index (χ3v) is 4.13. The number of carboxylic acid groups (broad SMARTS) is 1. The fourth-order valence-corrected chi connectivity index (χ4v) is 3.07. The number of hydrogen-bond acceptors (Lipinski definition) is 3. The molecule has 22 heavy (non-hydrogen) atoms. The predicted molar refractivity (Wildman–Crippen MR) is 82.5 cm³/mol. The van der Waals surface area contributed by atoms with Crippen molar-refractivity contribution in [3.05, 3.63) is 39.7 Å². The van der Waals surface area contributed by atoms with E-state index in [9.17, 15) is 19.5 Å². The molecule has 0 saturated carbocycles. The highest BCUT2D eigenvalue weighted by Crippen LogP contribution is 2.34. The minimum absolute atomic E-state index is 0.0984.